The monoisotopic (exact) mass is 184 g/mol. The Kier molecular flexibility index (Phi) is 1.94. The number of halogens is 1. The fraction of sp³-hybridized carbons (Fsp3) is 0.0833. The molecule has 0 spiro atoms. The lowest BCUT2D eigenvalue weighted by Gasteiger charge is -2.02. The molecular formula is C12H7FN. The molecule has 1 nitrogen and oxygen atoms in total. The number of aryl methyl sites for hydroxylation is 1. The predicted octanol–water partition coefficient (Wildman–Crippen LogP) is 2.62. The minimum Gasteiger partial charge on any atom is -0.255 e. The van der Waals surface area contributed by atoms with Crippen LogP contribution in [-0.2, 0) is 0 Å². The van der Waals surface area contributed by atoms with Crippen LogP contribution in [0.2, 0.25) is 0 Å². The Balaban J connectivity index is 2.93. The Morgan fingerprint density at radius 3 is 2.93 bits per heavy atom. The zero-order valence-electron chi connectivity index (χ0n) is 7.63. The van der Waals surface area contributed by atoms with Crippen LogP contribution in [0.5, 0.6) is 0 Å². The average Bonchev–Trinajstić information content (AvgIpc) is 2.19. The number of hydrogen-bond donors (Lipinski definition) is 0. The summed E-state index contributed by atoms with van der Waals surface area (Å²) in [7, 11) is 0. The van der Waals surface area contributed by atoms with Gasteiger partial charge in [0.1, 0.15) is 5.82 Å². The molecule has 0 atom stereocenters. The molecule has 0 N–H and O–H groups in total. The third kappa shape index (κ3) is 1.23. The van der Waals surface area contributed by atoms with E-state index in [2.05, 4.69) is 10.9 Å². The third-order valence-corrected chi connectivity index (χ3v) is 2.07. The first kappa shape index (κ1) is 8.71. The smallest absolute Gasteiger partial charge is 0.132 e. The molecule has 1 heterocycles. The van der Waals surface area contributed by atoms with Gasteiger partial charge in [-0.3, -0.25) is 4.98 Å². The summed E-state index contributed by atoms with van der Waals surface area (Å²) < 4.78 is 13.4. The fourth-order valence-electron chi connectivity index (χ4n) is 1.39. The van der Waals surface area contributed by atoms with Crippen LogP contribution in [0.4, 0.5) is 4.39 Å². The van der Waals surface area contributed by atoms with Gasteiger partial charge in [0, 0.05) is 11.6 Å². The SMILES string of the molecule is [C]#Cc1ccc(F)c2cc(C)cnc12. The molecule has 1 aromatic heterocycles. The summed E-state index contributed by atoms with van der Waals surface area (Å²) in [4.78, 5) is 4.09. The highest BCUT2D eigenvalue weighted by atomic mass is 19.1. The number of rotatable bonds is 0. The minimum absolute atomic E-state index is 0.310. The van der Waals surface area contributed by atoms with Gasteiger partial charge in [-0.2, -0.15) is 0 Å². The van der Waals surface area contributed by atoms with Gasteiger partial charge in [0.15, 0.2) is 0 Å². The number of pyridine rings is 1. The van der Waals surface area contributed by atoms with Crippen molar-refractivity contribution in [2.45, 2.75) is 6.92 Å². The van der Waals surface area contributed by atoms with E-state index in [1.165, 1.54) is 12.1 Å². The van der Waals surface area contributed by atoms with E-state index in [1.54, 1.807) is 12.3 Å². The molecule has 2 heteroatoms. The van der Waals surface area contributed by atoms with Crippen LogP contribution < -0.4 is 0 Å². The van der Waals surface area contributed by atoms with Crippen molar-refractivity contribution in [3.8, 4) is 5.92 Å². The zero-order valence-corrected chi connectivity index (χ0v) is 7.63. The van der Waals surface area contributed by atoms with Gasteiger partial charge < -0.3 is 0 Å². The van der Waals surface area contributed by atoms with E-state index < -0.39 is 0 Å². The summed E-state index contributed by atoms with van der Waals surface area (Å²) in [5, 5.41) is 0.447. The Labute approximate surface area is 81.6 Å². The van der Waals surface area contributed by atoms with Gasteiger partial charge in [0.25, 0.3) is 0 Å². The standard InChI is InChI=1S/C12H7FN/c1-3-9-4-5-11(13)10-6-8(2)7-14-12(9)10/h4-7H,2H3. The van der Waals surface area contributed by atoms with Gasteiger partial charge in [0.05, 0.1) is 11.1 Å². The quantitative estimate of drug-likeness (QED) is 0.573. The highest BCUT2D eigenvalue weighted by Crippen LogP contribution is 2.20. The number of aromatic nitrogens is 1. The highest BCUT2D eigenvalue weighted by molar-refractivity contribution is 5.85. The van der Waals surface area contributed by atoms with E-state index >= 15 is 0 Å². The van der Waals surface area contributed by atoms with E-state index in [4.69, 9.17) is 6.42 Å². The molecular weight excluding hydrogens is 177 g/mol. The number of fused-ring (bicyclic) bond motifs is 1. The average molecular weight is 184 g/mol. The van der Waals surface area contributed by atoms with Crippen molar-refractivity contribution in [1.29, 1.82) is 0 Å². The van der Waals surface area contributed by atoms with Gasteiger partial charge in [-0.1, -0.05) is 5.92 Å². The Morgan fingerprint density at radius 1 is 1.43 bits per heavy atom. The fourth-order valence-corrected chi connectivity index (χ4v) is 1.39. The largest absolute Gasteiger partial charge is 0.255 e. The van der Waals surface area contributed by atoms with Crippen LogP contribution in [0.15, 0.2) is 24.4 Å². The Bertz CT molecular complexity index is 538. The summed E-state index contributed by atoms with van der Waals surface area (Å²) in [5.74, 6) is 1.93. The third-order valence-electron chi connectivity index (χ3n) is 2.07. The Hall–Kier alpha value is -1.88. The molecule has 0 aliphatic heterocycles. The molecule has 0 fully saturated rings. The van der Waals surface area contributed by atoms with Gasteiger partial charge in [-0.15, -0.1) is 0 Å². The van der Waals surface area contributed by atoms with Gasteiger partial charge in [-0.25, -0.2) is 4.39 Å². The second kappa shape index (κ2) is 3.12. The molecule has 0 bridgehead atoms. The van der Waals surface area contributed by atoms with Crippen LogP contribution in [0.25, 0.3) is 10.9 Å². The van der Waals surface area contributed by atoms with E-state index in [0.717, 1.165) is 5.56 Å². The van der Waals surface area contributed by atoms with Gasteiger partial charge >= 0.3 is 0 Å². The Morgan fingerprint density at radius 2 is 2.21 bits per heavy atom. The molecule has 0 aliphatic carbocycles. The predicted molar refractivity (Wildman–Crippen MR) is 52.7 cm³/mol. The molecule has 1 aromatic carbocycles. The molecule has 2 rings (SSSR count). The molecule has 0 amide bonds. The van der Waals surface area contributed by atoms with E-state index in [-0.39, 0.29) is 5.82 Å². The maximum Gasteiger partial charge on any atom is 0.132 e. The molecule has 1 radical (unpaired) electrons. The van der Waals surface area contributed by atoms with Crippen molar-refractivity contribution < 1.29 is 4.39 Å². The van der Waals surface area contributed by atoms with Crippen molar-refractivity contribution in [2.24, 2.45) is 0 Å². The van der Waals surface area contributed by atoms with Crippen LogP contribution in [-0.4, -0.2) is 4.98 Å². The lowest BCUT2D eigenvalue weighted by molar-refractivity contribution is 0.639. The molecule has 2 aromatic rings. The highest BCUT2D eigenvalue weighted by Gasteiger charge is 2.05. The molecule has 0 saturated heterocycles. The van der Waals surface area contributed by atoms with Crippen molar-refractivity contribution in [3.63, 3.8) is 0 Å². The van der Waals surface area contributed by atoms with Crippen LogP contribution in [0.1, 0.15) is 11.1 Å². The maximum atomic E-state index is 13.4. The van der Waals surface area contributed by atoms with Crippen molar-refractivity contribution in [3.05, 3.63) is 47.8 Å². The lowest BCUT2D eigenvalue weighted by Crippen LogP contribution is -1.88. The lowest BCUT2D eigenvalue weighted by atomic mass is 10.1. The molecule has 0 saturated carbocycles. The number of nitrogens with zero attached hydrogens (tertiary/aromatic N) is 1. The van der Waals surface area contributed by atoms with Crippen LogP contribution >= 0.6 is 0 Å². The molecule has 67 valence electrons. The van der Waals surface area contributed by atoms with Crippen molar-refractivity contribution in [2.75, 3.05) is 0 Å². The first-order chi connectivity index (χ1) is 6.72. The van der Waals surface area contributed by atoms with Crippen LogP contribution in [0, 0.1) is 25.1 Å². The number of hydrogen-bond acceptors (Lipinski definition) is 1. The van der Waals surface area contributed by atoms with Crippen LogP contribution in [0.3, 0.4) is 0 Å². The summed E-state index contributed by atoms with van der Waals surface area (Å²) in [6.45, 7) is 1.85. The second-order valence-corrected chi connectivity index (χ2v) is 3.13. The summed E-state index contributed by atoms with van der Waals surface area (Å²) in [6.07, 6.45) is 8.69. The topological polar surface area (TPSA) is 12.9 Å². The van der Waals surface area contributed by atoms with E-state index in [9.17, 15) is 4.39 Å². The molecule has 0 aliphatic rings. The minimum atomic E-state index is -0.310. The molecule has 0 unspecified atom stereocenters. The van der Waals surface area contributed by atoms with Gasteiger partial charge in [0.2, 0.25) is 0 Å². The summed E-state index contributed by atoms with van der Waals surface area (Å²) in [5.41, 5.74) is 1.91. The maximum absolute atomic E-state index is 13.4. The van der Waals surface area contributed by atoms with Gasteiger partial charge in [-0.05, 0) is 37.1 Å². The normalized spacial score (nSPS) is 10.1. The second-order valence-electron chi connectivity index (χ2n) is 3.13. The molecule has 14 heavy (non-hydrogen) atoms. The summed E-state index contributed by atoms with van der Waals surface area (Å²) >= 11 is 0. The zero-order chi connectivity index (χ0) is 10.1. The first-order valence-electron chi connectivity index (χ1n) is 4.20. The first-order valence-corrected chi connectivity index (χ1v) is 4.20. The van der Waals surface area contributed by atoms with E-state index in [1.807, 2.05) is 6.92 Å². The van der Waals surface area contributed by atoms with E-state index in [0.29, 0.717) is 16.5 Å². The van der Waals surface area contributed by atoms with Crippen molar-refractivity contribution in [1.82, 2.24) is 4.98 Å². The summed E-state index contributed by atoms with van der Waals surface area (Å²) in [6, 6.07) is 4.56. The van der Waals surface area contributed by atoms with Crippen molar-refractivity contribution >= 4 is 10.9 Å². The number of benzene rings is 1.